The fourth-order valence-electron chi connectivity index (χ4n) is 2.15. The van der Waals surface area contributed by atoms with Crippen LogP contribution in [0, 0.1) is 0 Å². The predicted octanol–water partition coefficient (Wildman–Crippen LogP) is 2.15. The molecule has 2 amide bonds. The van der Waals surface area contributed by atoms with E-state index in [-0.39, 0.29) is 6.03 Å². The molecule has 0 aliphatic rings. The molecule has 0 fully saturated rings. The van der Waals surface area contributed by atoms with Crippen molar-refractivity contribution in [2.75, 3.05) is 26.1 Å². The highest BCUT2D eigenvalue weighted by Crippen LogP contribution is 2.12. The molecule has 2 rings (SSSR count). The molecule has 0 saturated heterocycles. The van der Waals surface area contributed by atoms with Crippen LogP contribution in [0.1, 0.15) is 18.3 Å². The summed E-state index contributed by atoms with van der Waals surface area (Å²) < 4.78 is 6.93. The monoisotopic (exact) mass is 317 g/mol. The third kappa shape index (κ3) is 4.79. The standard InChI is InChI=1S/C16H23N5O2/c1-4-13-6-5-7-14(10-13)18-16(22)20(2)11-15-19-17-12-21(15)8-9-23-3/h5-7,10,12H,4,8-9,11H2,1-3H3,(H,18,22). The largest absolute Gasteiger partial charge is 0.383 e. The van der Waals surface area contributed by atoms with Gasteiger partial charge in [0.2, 0.25) is 0 Å². The molecule has 1 N–H and O–H groups in total. The summed E-state index contributed by atoms with van der Waals surface area (Å²) in [7, 11) is 3.38. The van der Waals surface area contributed by atoms with Crippen LogP contribution in [-0.4, -0.2) is 46.5 Å². The predicted molar refractivity (Wildman–Crippen MR) is 88.2 cm³/mol. The number of amides is 2. The lowest BCUT2D eigenvalue weighted by atomic mass is 10.1. The average molecular weight is 317 g/mol. The molecule has 0 saturated carbocycles. The number of nitrogens with one attached hydrogen (secondary N) is 1. The van der Waals surface area contributed by atoms with Gasteiger partial charge in [-0.3, -0.25) is 0 Å². The summed E-state index contributed by atoms with van der Waals surface area (Å²) in [5.74, 6) is 0.724. The van der Waals surface area contributed by atoms with Crippen LogP contribution in [0.25, 0.3) is 0 Å². The molecule has 0 unspecified atom stereocenters. The summed E-state index contributed by atoms with van der Waals surface area (Å²) in [6.45, 7) is 3.69. The maximum atomic E-state index is 12.3. The molecular formula is C16H23N5O2. The molecule has 1 heterocycles. The number of hydrogen-bond donors (Lipinski definition) is 1. The first-order valence-corrected chi connectivity index (χ1v) is 7.60. The van der Waals surface area contributed by atoms with E-state index >= 15 is 0 Å². The molecule has 2 aromatic rings. The van der Waals surface area contributed by atoms with Crippen molar-refractivity contribution in [3.05, 3.63) is 42.0 Å². The van der Waals surface area contributed by atoms with Gasteiger partial charge in [-0.2, -0.15) is 0 Å². The van der Waals surface area contributed by atoms with Crippen LogP contribution in [0.2, 0.25) is 0 Å². The molecule has 0 radical (unpaired) electrons. The normalized spacial score (nSPS) is 10.6. The molecule has 0 aliphatic heterocycles. The Kier molecular flexibility index (Phi) is 6.10. The van der Waals surface area contributed by atoms with E-state index < -0.39 is 0 Å². The van der Waals surface area contributed by atoms with E-state index in [1.807, 2.05) is 28.8 Å². The highest BCUT2D eigenvalue weighted by molar-refractivity contribution is 5.89. The summed E-state index contributed by atoms with van der Waals surface area (Å²) >= 11 is 0. The molecular weight excluding hydrogens is 294 g/mol. The first-order chi connectivity index (χ1) is 11.1. The number of aryl methyl sites for hydroxylation is 1. The Morgan fingerprint density at radius 1 is 1.43 bits per heavy atom. The summed E-state index contributed by atoms with van der Waals surface area (Å²) in [6.07, 6.45) is 2.58. The second-order valence-electron chi connectivity index (χ2n) is 5.27. The molecule has 7 heteroatoms. The van der Waals surface area contributed by atoms with E-state index in [1.165, 1.54) is 5.56 Å². The molecule has 23 heavy (non-hydrogen) atoms. The van der Waals surface area contributed by atoms with Crippen LogP contribution in [0.15, 0.2) is 30.6 Å². The lowest BCUT2D eigenvalue weighted by Crippen LogP contribution is -2.32. The highest BCUT2D eigenvalue weighted by atomic mass is 16.5. The number of rotatable bonds is 7. The number of carbonyl (C=O) groups is 1. The third-order valence-electron chi connectivity index (χ3n) is 3.54. The van der Waals surface area contributed by atoms with Gasteiger partial charge in [0, 0.05) is 26.4 Å². The van der Waals surface area contributed by atoms with E-state index in [1.54, 1.807) is 25.4 Å². The smallest absolute Gasteiger partial charge is 0.321 e. The number of hydrogen-bond acceptors (Lipinski definition) is 4. The minimum atomic E-state index is -0.181. The van der Waals surface area contributed by atoms with Crippen LogP contribution in [0.5, 0.6) is 0 Å². The van der Waals surface area contributed by atoms with Gasteiger partial charge in [-0.25, -0.2) is 4.79 Å². The Bertz CT molecular complexity index is 641. The minimum Gasteiger partial charge on any atom is -0.383 e. The van der Waals surface area contributed by atoms with Gasteiger partial charge in [-0.1, -0.05) is 19.1 Å². The fraction of sp³-hybridized carbons (Fsp3) is 0.438. The van der Waals surface area contributed by atoms with Crippen LogP contribution in [0.4, 0.5) is 10.5 Å². The fourth-order valence-corrected chi connectivity index (χ4v) is 2.15. The van der Waals surface area contributed by atoms with Gasteiger partial charge in [0.25, 0.3) is 0 Å². The van der Waals surface area contributed by atoms with Gasteiger partial charge in [0.15, 0.2) is 5.82 Å². The molecule has 0 atom stereocenters. The Labute approximate surface area is 136 Å². The van der Waals surface area contributed by atoms with Gasteiger partial charge in [0.1, 0.15) is 6.33 Å². The average Bonchev–Trinajstić information content (AvgIpc) is 3.00. The summed E-state index contributed by atoms with van der Waals surface area (Å²) in [6, 6.07) is 7.66. The molecule has 0 bridgehead atoms. The zero-order valence-corrected chi connectivity index (χ0v) is 13.8. The molecule has 0 aliphatic carbocycles. The number of anilines is 1. The topological polar surface area (TPSA) is 72.3 Å². The van der Waals surface area contributed by atoms with E-state index in [4.69, 9.17) is 4.74 Å². The summed E-state index contributed by atoms with van der Waals surface area (Å²) in [4.78, 5) is 13.9. The van der Waals surface area contributed by atoms with Crippen molar-refractivity contribution in [2.24, 2.45) is 0 Å². The van der Waals surface area contributed by atoms with Crippen molar-refractivity contribution >= 4 is 11.7 Å². The van der Waals surface area contributed by atoms with E-state index in [9.17, 15) is 4.79 Å². The highest BCUT2D eigenvalue weighted by Gasteiger charge is 2.13. The molecule has 1 aromatic carbocycles. The zero-order chi connectivity index (χ0) is 16.7. The van der Waals surface area contributed by atoms with Crippen molar-refractivity contribution in [1.82, 2.24) is 19.7 Å². The second kappa shape index (κ2) is 8.28. The van der Waals surface area contributed by atoms with E-state index in [0.29, 0.717) is 19.7 Å². The Balaban J connectivity index is 1.96. The Morgan fingerprint density at radius 3 is 3.00 bits per heavy atom. The maximum Gasteiger partial charge on any atom is 0.321 e. The van der Waals surface area contributed by atoms with Gasteiger partial charge in [0.05, 0.1) is 13.2 Å². The first kappa shape index (κ1) is 17.0. The maximum absolute atomic E-state index is 12.3. The molecule has 7 nitrogen and oxygen atoms in total. The van der Waals surface area contributed by atoms with Crippen molar-refractivity contribution < 1.29 is 9.53 Å². The third-order valence-corrected chi connectivity index (χ3v) is 3.54. The SMILES string of the molecule is CCc1cccc(NC(=O)N(C)Cc2nncn2CCOC)c1. The van der Waals surface area contributed by atoms with Gasteiger partial charge in [-0.05, 0) is 24.1 Å². The van der Waals surface area contributed by atoms with Gasteiger partial charge < -0.3 is 19.5 Å². The molecule has 124 valence electrons. The van der Waals surface area contributed by atoms with E-state index in [2.05, 4.69) is 22.4 Å². The van der Waals surface area contributed by atoms with Crippen LogP contribution in [-0.2, 0) is 24.2 Å². The van der Waals surface area contributed by atoms with Crippen molar-refractivity contribution in [2.45, 2.75) is 26.4 Å². The number of ether oxygens (including phenoxy) is 1. The van der Waals surface area contributed by atoms with Crippen molar-refractivity contribution in [1.29, 1.82) is 0 Å². The summed E-state index contributed by atoms with van der Waals surface area (Å²) in [5.41, 5.74) is 1.98. The zero-order valence-electron chi connectivity index (χ0n) is 13.8. The minimum absolute atomic E-state index is 0.181. The lowest BCUT2D eigenvalue weighted by Gasteiger charge is -2.18. The summed E-state index contributed by atoms with van der Waals surface area (Å²) in [5, 5.41) is 10.9. The van der Waals surface area contributed by atoms with Crippen LogP contribution < -0.4 is 5.32 Å². The molecule has 0 spiro atoms. The van der Waals surface area contributed by atoms with E-state index in [0.717, 1.165) is 17.9 Å². The molecule has 1 aromatic heterocycles. The van der Waals surface area contributed by atoms with Crippen molar-refractivity contribution in [3.63, 3.8) is 0 Å². The number of aromatic nitrogens is 3. The van der Waals surface area contributed by atoms with Crippen molar-refractivity contribution in [3.8, 4) is 0 Å². The van der Waals surface area contributed by atoms with Crippen LogP contribution >= 0.6 is 0 Å². The van der Waals surface area contributed by atoms with Gasteiger partial charge >= 0.3 is 6.03 Å². The number of nitrogens with zero attached hydrogens (tertiary/aromatic N) is 4. The second-order valence-corrected chi connectivity index (χ2v) is 5.27. The number of methoxy groups -OCH3 is 1. The van der Waals surface area contributed by atoms with Crippen LogP contribution in [0.3, 0.4) is 0 Å². The Morgan fingerprint density at radius 2 is 2.26 bits per heavy atom. The number of urea groups is 1. The van der Waals surface area contributed by atoms with Gasteiger partial charge in [-0.15, -0.1) is 10.2 Å². The Hall–Kier alpha value is -2.41. The first-order valence-electron chi connectivity index (χ1n) is 7.60. The quantitative estimate of drug-likeness (QED) is 0.849. The number of benzene rings is 1. The lowest BCUT2D eigenvalue weighted by molar-refractivity contribution is 0.184. The number of carbonyl (C=O) groups excluding carboxylic acids is 1.